The highest BCUT2D eigenvalue weighted by atomic mass is 16.5. The van der Waals surface area contributed by atoms with Crippen molar-refractivity contribution >= 4 is 6.03 Å². The van der Waals surface area contributed by atoms with Gasteiger partial charge in [-0.1, -0.05) is 19.8 Å². The number of piperidine rings is 1. The van der Waals surface area contributed by atoms with Crippen molar-refractivity contribution in [1.29, 1.82) is 0 Å². The van der Waals surface area contributed by atoms with Crippen LogP contribution in [0.15, 0.2) is 0 Å². The Morgan fingerprint density at radius 1 is 1.12 bits per heavy atom. The first-order valence-corrected chi connectivity index (χ1v) is 10.0. The van der Waals surface area contributed by atoms with Crippen molar-refractivity contribution in [3.63, 3.8) is 0 Å². The lowest BCUT2D eigenvalue weighted by Gasteiger charge is -2.37. The molecule has 5 nitrogen and oxygen atoms in total. The molecule has 5 heteroatoms. The van der Waals surface area contributed by atoms with E-state index >= 15 is 0 Å². The Morgan fingerprint density at radius 3 is 2.67 bits per heavy atom. The molecule has 1 unspecified atom stereocenters. The van der Waals surface area contributed by atoms with Gasteiger partial charge in [-0.2, -0.15) is 0 Å². The summed E-state index contributed by atoms with van der Waals surface area (Å²) in [5, 5.41) is 3.10. The molecular weight excluding hydrogens is 302 g/mol. The average molecular weight is 340 g/mol. The van der Waals surface area contributed by atoms with Crippen LogP contribution in [0.2, 0.25) is 0 Å². The zero-order chi connectivity index (χ0) is 17.2. The Morgan fingerprint density at radius 2 is 1.92 bits per heavy atom. The summed E-state index contributed by atoms with van der Waals surface area (Å²) in [6.45, 7) is 10.9. The predicted octanol–water partition coefficient (Wildman–Crippen LogP) is 3.10. The van der Waals surface area contributed by atoms with Crippen LogP contribution in [0.5, 0.6) is 0 Å². The standard InChI is InChI=1S/C19H37N3O2/c1-3-24-15-7-11-20-19(23)22-12-6-4-5-8-18(22)16-21-13-9-17(2)10-14-21/h17-18H,3-16H2,1-2H3,(H,20,23). The summed E-state index contributed by atoms with van der Waals surface area (Å²) in [6, 6.07) is 0.511. The van der Waals surface area contributed by atoms with E-state index < -0.39 is 0 Å². The lowest BCUT2D eigenvalue weighted by atomic mass is 9.98. The predicted molar refractivity (Wildman–Crippen MR) is 98.3 cm³/mol. The Kier molecular flexibility index (Phi) is 8.89. The van der Waals surface area contributed by atoms with Crippen LogP contribution in [-0.2, 0) is 4.74 Å². The third-order valence-corrected chi connectivity index (χ3v) is 5.43. The van der Waals surface area contributed by atoms with Gasteiger partial charge in [0, 0.05) is 38.9 Å². The molecule has 2 fully saturated rings. The van der Waals surface area contributed by atoms with E-state index in [0.717, 1.165) is 51.5 Å². The second-order valence-electron chi connectivity index (χ2n) is 7.46. The molecule has 0 aromatic heterocycles. The summed E-state index contributed by atoms with van der Waals surface area (Å²) in [6.07, 6.45) is 8.29. The first-order valence-electron chi connectivity index (χ1n) is 10.0. The van der Waals surface area contributed by atoms with Crippen LogP contribution in [0.25, 0.3) is 0 Å². The van der Waals surface area contributed by atoms with Gasteiger partial charge in [-0.3, -0.25) is 0 Å². The largest absolute Gasteiger partial charge is 0.382 e. The summed E-state index contributed by atoms with van der Waals surface area (Å²) < 4.78 is 5.34. The van der Waals surface area contributed by atoms with Crippen molar-refractivity contribution in [3.8, 4) is 0 Å². The summed E-state index contributed by atoms with van der Waals surface area (Å²) >= 11 is 0. The maximum Gasteiger partial charge on any atom is 0.317 e. The normalized spacial score (nSPS) is 23.9. The smallest absolute Gasteiger partial charge is 0.317 e. The number of rotatable bonds is 7. The van der Waals surface area contributed by atoms with E-state index in [2.05, 4.69) is 22.0 Å². The molecular formula is C19H37N3O2. The fourth-order valence-corrected chi connectivity index (χ4v) is 3.79. The summed E-state index contributed by atoms with van der Waals surface area (Å²) in [5.74, 6) is 0.861. The highest BCUT2D eigenvalue weighted by Gasteiger charge is 2.28. The van der Waals surface area contributed by atoms with E-state index in [-0.39, 0.29) is 6.03 Å². The molecule has 0 spiro atoms. The number of nitrogens with zero attached hydrogens (tertiary/aromatic N) is 2. The van der Waals surface area contributed by atoms with Crippen LogP contribution < -0.4 is 5.32 Å². The van der Waals surface area contributed by atoms with Crippen LogP contribution in [0, 0.1) is 5.92 Å². The van der Waals surface area contributed by atoms with Gasteiger partial charge in [-0.25, -0.2) is 4.79 Å². The molecule has 2 aliphatic rings. The van der Waals surface area contributed by atoms with E-state index in [0.29, 0.717) is 12.6 Å². The molecule has 2 rings (SSSR count). The minimum Gasteiger partial charge on any atom is -0.382 e. The van der Waals surface area contributed by atoms with Gasteiger partial charge in [-0.05, 0) is 58.0 Å². The molecule has 0 radical (unpaired) electrons. The summed E-state index contributed by atoms with van der Waals surface area (Å²) in [7, 11) is 0. The maximum atomic E-state index is 12.6. The molecule has 0 aromatic carbocycles. The highest BCUT2D eigenvalue weighted by molar-refractivity contribution is 5.74. The fraction of sp³-hybridized carbons (Fsp3) is 0.947. The second-order valence-corrected chi connectivity index (χ2v) is 7.46. The third-order valence-electron chi connectivity index (χ3n) is 5.43. The number of amides is 2. The zero-order valence-corrected chi connectivity index (χ0v) is 15.8. The van der Waals surface area contributed by atoms with E-state index in [1.165, 1.54) is 38.8 Å². The molecule has 2 heterocycles. The number of nitrogens with one attached hydrogen (secondary N) is 1. The van der Waals surface area contributed by atoms with Crippen LogP contribution >= 0.6 is 0 Å². The Bertz CT molecular complexity index is 357. The molecule has 0 aromatic rings. The van der Waals surface area contributed by atoms with Gasteiger partial charge in [0.05, 0.1) is 0 Å². The van der Waals surface area contributed by atoms with Gasteiger partial charge in [0.15, 0.2) is 0 Å². The van der Waals surface area contributed by atoms with Gasteiger partial charge in [0.25, 0.3) is 0 Å². The fourth-order valence-electron chi connectivity index (χ4n) is 3.79. The highest BCUT2D eigenvalue weighted by Crippen LogP contribution is 2.21. The number of ether oxygens (including phenoxy) is 1. The van der Waals surface area contributed by atoms with E-state index in [1.807, 2.05) is 6.92 Å². The van der Waals surface area contributed by atoms with Crippen LogP contribution in [0.3, 0.4) is 0 Å². The first-order chi connectivity index (χ1) is 11.7. The molecule has 24 heavy (non-hydrogen) atoms. The minimum atomic E-state index is 0.128. The van der Waals surface area contributed by atoms with Crippen LogP contribution in [0.1, 0.15) is 58.8 Å². The topological polar surface area (TPSA) is 44.8 Å². The maximum absolute atomic E-state index is 12.6. The quantitative estimate of drug-likeness (QED) is 0.725. The van der Waals surface area contributed by atoms with E-state index in [1.54, 1.807) is 0 Å². The van der Waals surface area contributed by atoms with Crippen molar-refractivity contribution in [2.75, 3.05) is 45.9 Å². The van der Waals surface area contributed by atoms with Crippen molar-refractivity contribution < 1.29 is 9.53 Å². The van der Waals surface area contributed by atoms with Gasteiger partial charge in [-0.15, -0.1) is 0 Å². The molecule has 2 amide bonds. The second kappa shape index (κ2) is 10.9. The number of carbonyl (C=O) groups excluding carboxylic acids is 1. The molecule has 2 aliphatic heterocycles. The molecule has 1 N–H and O–H groups in total. The Labute approximate surface area is 148 Å². The number of hydrogen-bond acceptors (Lipinski definition) is 3. The molecule has 2 saturated heterocycles. The SMILES string of the molecule is CCOCCCNC(=O)N1CCCCCC1CN1CCC(C)CC1. The number of likely N-dealkylation sites (tertiary alicyclic amines) is 2. The van der Waals surface area contributed by atoms with Crippen molar-refractivity contribution in [2.24, 2.45) is 5.92 Å². The molecule has 0 saturated carbocycles. The van der Waals surface area contributed by atoms with Crippen molar-refractivity contribution in [1.82, 2.24) is 15.1 Å². The van der Waals surface area contributed by atoms with E-state index in [9.17, 15) is 4.79 Å². The lowest BCUT2D eigenvalue weighted by molar-refractivity contribution is 0.121. The first kappa shape index (κ1) is 19.5. The van der Waals surface area contributed by atoms with Crippen LogP contribution in [-0.4, -0.2) is 67.8 Å². The third kappa shape index (κ3) is 6.60. The minimum absolute atomic E-state index is 0.128. The number of hydrogen-bond donors (Lipinski definition) is 1. The lowest BCUT2D eigenvalue weighted by Crippen LogP contribution is -2.51. The Balaban J connectivity index is 1.80. The molecule has 0 aliphatic carbocycles. The van der Waals surface area contributed by atoms with Crippen LogP contribution in [0.4, 0.5) is 4.79 Å². The summed E-state index contributed by atoms with van der Waals surface area (Å²) in [5.41, 5.74) is 0. The van der Waals surface area contributed by atoms with Gasteiger partial charge in [0.2, 0.25) is 0 Å². The molecule has 0 bridgehead atoms. The van der Waals surface area contributed by atoms with E-state index in [4.69, 9.17) is 4.74 Å². The monoisotopic (exact) mass is 339 g/mol. The zero-order valence-electron chi connectivity index (χ0n) is 15.8. The van der Waals surface area contributed by atoms with Gasteiger partial charge < -0.3 is 19.9 Å². The Hall–Kier alpha value is -0.810. The van der Waals surface area contributed by atoms with Gasteiger partial charge in [0.1, 0.15) is 0 Å². The molecule has 1 atom stereocenters. The number of urea groups is 1. The summed E-state index contributed by atoms with van der Waals surface area (Å²) in [4.78, 5) is 17.3. The van der Waals surface area contributed by atoms with Crippen molar-refractivity contribution in [2.45, 2.75) is 64.8 Å². The van der Waals surface area contributed by atoms with Gasteiger partial charge >= 0.3 is 6.03 Å². The van der Waals surface area contributed by atoms with Crippen molar-refractivity contribution in [3.05, 3.63) is 0 Å². The number of carbonyl (C=O) groups is 1. The average Bonchev–Trinajstić information content (AvgIpc) is 2.82. The molecule has 140 valence electrons.